The first-order chi connectivity index (χ1) is 15.7. The van der Waals surface area contributed by atoms with Crippen LogP contribution in [0.2, 0.25) is 0 Å². The van der Waals surface area contributed by atoms with Gasteiger partial charge in [-0.1, -0.05) is 0 Å². The number of benzene rings is 2. The van der Waals surface area contributed by atoms with E-state index in [1.54, 1.807) is 42.1 Å². The first kappa shape index (κ1) is 21.9. The number of hydrogen-bond acceptors (Lipinski definition) is 8. The average molecular weight is 466 g/mol. The van der Waals surface area contributed by atoms with Gasteiger partial charge in [0.1, 0.15) is 23.2 Å². The molecular formula is C21H18N6O5S. The molecule has 0 aliphatic heterocycles. The maximum atomic E-state index is 12.5. The van der Waals surface area contributed by atoms with Crippen molar-refractivity contribution >= 4 is 21.4 Å². The number of sulfonamides is 1. The summed E-state index contributed by atoms with van der Waals surface area (Å²) in [6, 6.07) is 12.5. The molecule has 0 unspecified atom stereocenters. The van der Waals surface area contributed by atoms with Crippen LogP contribution in [0.5, 0.6) is 11.6 Å². The zero-order valence-electron chi connectivity index (χ0n) is 17.5. The number of non-ortho nitro benzene ring substituents is 1. The molecule has 1 N–H and O–H groups in total. The number of imidazole rings is 1. The lowest BCUT2D eigenvalue weighted by Gasteiger charge is -2.11. The predicted molar refractivity (Wildman–Crippen MR) is 119 cm³/mol. The van der Waals surface area contributed by atoms with Gasteiger partial charge in [0.2, 0.25) is 5.88 Å². The van der Waals surface area contributed by atoms with Crippen molar-refractivity contribution < 1.29 is 18.1 Å². The van der Waals surface area contributed by atoms with E-state index in [9.17, 15) is 18.5 Å². The third-order valence-electron chi connectivity index (χ3n) is 4.56. The lowest BCUT2D eigenvalue weighted by molar-refractivity contribution is -0.384. The number of aryl methyl sites for hydroxylation is 2. The number of nitro benzene ring substituents is 1. The van der Waals surface area contributed by atoms with Gasteiger partial charge in [-0.3, -0.25) is 19.4 Å². The molecule has 0 radical (unpaired) electrons. The Morgan fingerprint density at radius 2 is 1.73 bits per heavy atom. The van der Waals surface area contributed by atoms with Crippen LogP contribution in [-0.4, -0.2) is 32.9 Å². The lowest BCUT2D eigenvalue weighted by Crippen LogP contribution is -2.12. The highest BCUT2D eigenvalue weighted by molar-refractivity contribution is 7.92. The fourth-order valence-electron chi connectivity index (χ4n) is 2.99. The second kappa shape index (κ2) is 8.67. The molecule has 0 amide bonds. The molecule has 12 heteroatoms. The van der Waals surface area contributed by atoms with Crippen LogP contribution < -0.4 is 9.46 Å². The average Bonchev–Trinajstić information content (AvgIpc) is 3.20. The second-order valence-corrected chi connectivity index (χ2v) is 8.62. The number of rotatable bonds is 7. The van der Waals surface area contributed by atoms with Crippen LogP contribution in [0, 0.1) is 24.0 Å². The number of nitrogens with one attached hydrogen (secondary N) is 1. The van der Waals surface area contributed by atoms with Gasteiger partial charge in [0.15, 0.2) is 0 Å². The summed E-state index contributed by atoms with van der Waals surface area (Å²) in [6.45, 7) is 3.60. The SMILES string of the molecule is Cc1nc(Oc2ccc(NS(=O)(=O)c3ccc([N+](=O)[O-])cc3)cc2)cc(-n2ccnc2C)n1. The van der Waals surface area contributed by atoms with E-state index in [1.807, 2.05) is 6.92 Å². The van der Waals surface area contributed by atoms with Crippen LogP contribution in [-0.2, 0) is 10.0 Å². The van der Waals surface area contributed by atoms with E-state index in [1.165, 1.54) is 24.3 Å². The molecule has 0 bridgehead atoms. The maximum Gasteiger partial charge on any atom is 0.269 e. The van der Waals surface area contributed by atoms with Crippen molar-refractivity contribution in [3.63, 3.8) is 0 Å². The fraction of sp³-hybridized carbons (Fsp3) is 0.0952. The van der Waals surface area contributed by atoms with Gasteiger partial charge in [-0.05, 0) is 50.2 Å². The van der Waals surface area contributed by atoms with Gasteiger partial charge in [-0.25, -0.2) is 18.4 Å². The molecule has 0 saturated heterocycles. The summed E-state index contributed by atoms with van der Waals surface area (Å²) < 4.78 is 35.1. The Bertz CT molecular complexity index is 1420. The van der Waals surface area contributed by atoms with Crippen molar-refractivity contribution in [1.29, 1.82) is 0 Å². The van der Waals surface area contributed by atoms with Gasteiger partial charge in [0, 0.05) is 36.3 Å². The molecule has 0 spiro atoms. The zero-order valence-corrected chi connectivity index (χ0v) is 18.4. The summed E-state index contributed by atoms with van der Waals surface area (Å²) in [5.74, 6) is 2.66. The smallest absolute Gasteiger partial charge is 0.269 e. The van der Waals surface area contributed by atoms with Gasteiger partial charge in [0.05, 0.1) is 9.82 Å². The molecule has 168 valence electrons. The van der Waals surface area contributed by atoms with Crippen molar-refractivity contribution in [3.05, 3.63) is 88.8 Å². The van der Waals surface area contributed by atoms with Crippen LogP contribution >= 0.6 is 0 Å². The Kier molecular flexibility index (Phi) is 5.75. The van der Waals surface area contributed by atoms with Crippen LogP contribution in [0.1, 0.15) is 11.6 Å². The Morgan fingerprint density at radius 1 is 1.03 bits per heavy atom. The van der Waals surface area contributed by atoms with Crippen LogP contribution in [0.3, 0.4) is 0 Å². The molecule has 2 aromatic carbocycles. The predicted octanol–water partition coefficient (Wildman–Crippen LogP) is 3.78. The normalized spacial score (nSPS) is 11.2. The maximum absolute atomic E-state index is 12.5. The molecule has 0 saturated carbocycles. The summed E-state index contributed by atoms with van der Waals surface area (Å²) in [5.41, 5.74) is 0.107. The molecule has 4 rings (SSSR count). The van der Waals surface area contributed by atoms with Gasteiger partial charge in [-0.2, -0.15) is 4.98 Å². The molecule has 0 aliphatic carbocycles. The van der Waals surface area contributed by atoms with Crippen molar-refractivity contribution in [1.82, 2.24) is 19.5 Å². The standard InChI is InChI=1S/C21H18N6O5S/c1-14-23-20(26-12-11-22-15(26)2)13-21(24-14)32-18-7-3-16(4-8-18)25-33(30,31)19-9-5-17(6-10-19)27(28)29/h3-13,25H,1-2H3. The molecule has 0 fully saturated rings. The number of anilines is 1. The van der Waals surface area contributed by atoms with E-state index >= 15 is 0 Å². The van der Waals surface area contributed by atoms with Crippen molar-refractivity contribution in [3.8, 4) is 17.4 Å². The molecule has 0 aliphatic rings. The summed E-state index contributed by atoms with van der Waals surface area (Å²) >= 11 is 0. The number of nitro groups is 1. The van der Waals surface area contributed by atoms with E-state index < -0.39 is 14.9 Å². The number of aromatic nitrogens is 4. The molecular weight excluding hydrogens is 448 g/mol. The van der Waals surface area contributed by atoms with E-state index in [2.05, 4.69) is 19.7 Å². The van der Waals surface area contributed by atoms with E-state index in [0.29, 0.717) is 29.0 Å². The third-order valence-corrected chi connectivity index (χ3v) is 5.96. The summed E-state index contributed by atoms with van der Waals surface area (Å²) in [5, 5.41) is 10.7. The quantitative estimate of drug-likeness (QED) is 0.320. The minimum atomic E-state index is -3.91. The van der Waals surface area contributed by atoms with E-state index in [4.69, 9.17) is 4.74 Å². The highest BCUT2D eigenvalue weighted by atomic mass is 32.2. The van der Waals surface area contributed by atoms with Crippen molar-refractivity contribution in [2.45, 2.75) is 18.7 Å². The first-order valence-corrected chi connectivity index (χ1v) is 11.1. The van der Waals surface area contributed by atoms with E-state index in [-0.39, 0.29) is 10.6 Å². The Balaban J connectivity index is 1.49. The first-order valence-electron chi connectivity index (χ1n) is 9.62. The topological polar surface area (TPSA) is 142 Å². The number of ether oxygens (including phenoxy) is 1. The van der Waals surface area contributed by atoms with Gasteiger partial charge in [-0.15, -0.1) is 0 Å². The summed E-state index contributed by atoms with van der Waals surface area (Å²) in [7, 11) is -3.91. The highest BCUT2D eigenvalue weighted by Crippen LogP contribution is 2.25. The second-order valence-electron chi connectivity index (χ2n) is 6.94. The van der Waals surface area contributed by atoms with Gasteiger partial charge >= 0.3 is 0 Å². The van der Waals surface area contributed by atoms with Crippen molar-refractivity contribution in [2.24, 2.45) is 0 Å². The molecule has 11 nitrogen and oxygen atoms in total. The number of hydrogen-bond donors (Lipinski definition) is 1. The lowest BCUT2D eigenvalue weighted by atomic mass is 10.3. The third kappa shape index (κ3) is 4.96. The molecule has 0 atom stereocenters. The Morgan fingerprint density at radius 3 is 2.33 bits per heavy atom. The molecule has 33 heavy (non-hydrogen) atoms. The number of nitrogens with zero attached hydrogens (tertiary/aromatic N) is 5. The van der Waals surface area contributed by atoms with Crippen LogP contribution in [0.15, 0.2) is 71.9 Å². The van der Waals surface area contributed by atoms with Crippen LogP contribution in [0.4, 0.5) is 11.4 Å². The minimum Gasteiger partial charge on any atom is -0.439 e. The Labute approximate surface area is 188 Å². The van der Waals surface area contributed by atoms with E-state index in [0.717, 1.165) is 18.0 Å². The summed E-state index contributed by atoms with van der Waals surface area (Å²) in [4.78, 5) is 22.9. The van der Waals surface area contributed by atoms with Gasteiger partial charge < -0.3 is 4.74 Å². The van der Waals surface area contributed by atoms with Gasteiger partial charge in [0.25, 0.3) is 15.7 Å². The molecule has 4 aromatic rings. The molecule has 2 heterocycles. The highest BCUT2D eigenvalue weighted by Gasteiger charge is 2.16. The fourth-order valence-corrected chi connectivity index (χ4v) is 4.05. The summed E-state index contributed by atoms with van der Waals surface area (Å²) in [6.07, 6.45) is 3.45. The monoisotopic (exact) mass is 466 g/mol. The zero-order chi connectivity index (χ0) is 23.6. The molecule has 2 aromatic heterocycles. The largest absolute Gasteiger partial charge is 0.439 e. The van der Waals surface area contributed by atoms with Crippen LogP contribution in [0.25, 0.3) is 5.82 Å². The minimum absolute atomic E-state index is 0.0905. The Hall–Kier alpha value is -4.32. The van der Waals surface area contributed by atoms with Crippen molar-refractivity contribution in [2.75, 3.05) is 4.72 Å².